The molecule has 0 aromatic heterocycles. The Morgan fingerprint density at radius 1 is 1.24 bits per heavy atom. The van der Waals surface area contributed by atoms with Gasteiger partial charge in [0.25, 0.3) is 0 Å². The van der Waals surface area contributed by atoms with Crippen molar-refractivity contribution in [3.05, 3.63) is 30.3 Å². The van der Waals surface area contributed by atoms with Crippen LogP contribution in [0.15, 0.2) is 30.3 Å². The third-order valence-corrected chi connectivity index (χ3v) is 4.03. The third kappa shape index (κ3) is 5.65. The van der Waals surface area contributed by atoms with Crippen molar-refractivity contribution in [2.45, 2.75) is 25.9 Å². The van der Waals surface area contributed by atoms with Crippen LogP contribution in [0.5, 0.6) is 0 Å². The number of aliphatic hydroxyl groups excluding tert-OH is 1. The van der Waals surface area contributed by atoms with E-state index in [0.29, 0.717) is 6.54 Å². The van der Waals surface area contributed by atoms with E-state index in [1.165, 1.54) is 5.69 Å². The zero-order valence-corrected chi connectivity index (χ0v) is 13.1. The summed E-state index contributed by atoms with van der Waals surface area (Å²) in [5.74, 6) is 0. The highest BCUT2D eigenvalue weighted by Crippen LogP contribution is 2.15. The van der Waals surface area contributed by atoms with Crippen molar-refractivity contribution in [2.24, 2.45) is 0 Å². The molecule has 4 nitrogen and oxygen atoms in total. The van der Waals surface area contributed by atoms with Gasteiger partial charge in [-0.15, -0.1) is 0 Å². The summed E-state index contributed by atoms with van der Waals surface area (Å²) in [5, 5.41) is 9.97. The zero-order chi connectivity index (χ0) is 14.9. The molecule has 1 heterocycles. The number of rotatable bonds is 8. The van der Waals surface area contributed by atoms with Gasteiger partial charge < -0.3 is 14.7 Å². The number of morpholine rings is 1. The van der Waals surface area contributed by atoms with Gasteiger partial charge in [0, 0.05) is 38.4 Å². The molecular formula is C17H28N2O2. The minimum Gasteiger partial charge on any atom is -0.391 e. The van der Waals surface area contributed by atoms with Gasteiger partial charge in [0.1, 0.15) is 0 Å². The van der Waals surface area contributed by atoms with Crippen molar-refractivity contribution in [3.8, 4) is 0 Å². The van der Waals surface area contributed by atoms with Crippen LogP contribution in [-0.2, 0) is 4.74 Å². The van der Waals surface area contributed by atoms with E-state index >= 15 is 0 Å². The summed E-state index contributed by atoms with van der Waals surface area (Å²) >= 11 is 0. The molecule has 0 radical (unpaired) electrons. The molecule has 4 heteroatoms. The van der Waals surface area contributed by atoms with Gasteiger partial charge in [0.2, 0.25) is 0 Å². The van der Waals surface area contributed by atoms with Crippen LogP contribution in [0.3, 0.4) is 0 Å². The first kappa shape index (κ1) is 16.3. The van der Waals surface area contributed by atoms with Crippen LogP contribution >= 0.6 is 0 Å². The van der Waals surface area contributed by atoms with E-state index in [4.69, 9.17) is 4.74 Å². The quantitative estimate of drug-likeness (QED) is 0.795. The lowest BCUT2D eigenvalue weighted by Crippen LogP contribution is -2.39. The molecule has 1 aromatic rings. The van der Waals surface area contributed by atoms with E-state index in [-0.39, 0.29) is 6.10 Å². The summed E-state index contributed by atoms with van der Waals surface area (Å²) in [7, 11) is 0. The van der Waals surface area contributed by atoms with Gasteiger partial charge in [-0.2, -0.15) is 0 Å². The molecule has 1 unspecified atom stereocenters. The number of aliphatic hydroxyl groups is 1. The highest BCUT2D eigenvalue weighted by Gasteiger charge is 2.13. The first-order valence-electron chi connectivity index (χ1n) is 8.07. The molecule has 21 heavy (non-hydrogen) atoms. The Balaban J connectivity index is 1.83. The van der Waals surface area contributed by atoms with Crippen LogP contribution < -0.4 is 4.90 Å². The predicted molar refractivity (Wildman–Crippen MR) is 86.8 cm³/mol. The van der Waals surface area contributed by atoms with E-state index < -0.39 is 0 Å². The number of anilines is 1. The molecule has 1 aliphatic rings. The number of hydrogen-bond donors (Lipinski definition) is 1. The molecular weight excluding hydrogens is 264 g/mol. The molecule has 0 bridgehead atoms. The van der Waals surface area contributed by atoms with Gasteiger partial charge in [-0.05, 0) is 25.0 Å². The average Bonchev–Trinajstić information content (AvgIpc) is 2.55. The van der Waals surface area contributed by atoms with Crippen molar-refractivity contribution < 1.29 is 9.84 Å². The standard InChI is InChI=1S/C17H28N2O2/c1-2-17(20)15-19(16-7-4-3-5-8-16)10-6-9-18-11-13-21-14-12-18/h3-5,7-8,17,20H,2,6,9-15H2,1H3. The van der Waals surface area contributed by atoms with Gasteiger partial charge in [-0.1, -0.05) is 25.1 Å². The maximum absolute atomic E-state index is 9.97. The first-order chi connectivity index (χ1) is 10.3. The molecule has 1 fully saturated rings. The van der Waals surface area contributed by atoms with Crippen LogP contribution in [0.25, 0.3) is 0 Å². The second kappa shape index (κ2) is 9.03. The van der Waals surface area contributed by atoms with E-state index in [1.54, 1.807) is 0 Å². The van der Waals surface area contributed by atoms with E-state index in [1.807, 2.05) is 13.0 Å². The lowest BCUT2D eigenvalue weighted by atomic mass is 10.2. The molecule has 0 spiro atoms. The molecule has 0 amide bonds. The van der Waals surface area contributed by atoms with Crippen molar-refractivity contribution in [3.63, 3.8) is 0 Å². The fourth-order valence-electron chi connectivity index (χ4n) is 2.66. The van der Waals surface area contributed by atoms with Crippen molar-refractivity contribution in [2.75, 3.05) is 50.8 Å². The van der Waals surface area contributed by atoms with Gasteiger partial charge in [0.15, 0.2) is 0 Å². The Kier molecular flexibility index (Phi) is 7.00. The zero-order valence-electron chi connectivity index (χ0n) is 13.1. The van der Waals surface area contributed by atoms with Gasteiger partial charge in [0.05, 0.1) is 19.3 Å². The SMILES string of the molecule is CCC(O)CN(CCCN1CCOCC1)c1ccccc1. The highest BCUT2D eigenvalue weighted by molar-refractivity contribution is 5.46. The monoisotopic (exact) mass is 292 g/mol. The van der Waals surface area contributed by atoms with Crippen LogP contribution in [0.1, 0.15) is 19.8 Å². The summed E-state index contributed by atoms with van der Waals surface area (Å²) in [5.41, 5.74) is 1.20. The number of benzene rings is 1. The molecule has 1 aromatic carbocycles. The Morgan fingerprint density at radius 3 is 2.62 bits per heavy atom. The Bertz CT molecular complexity index is 380. The number of para-hydroxylation sites is 1. The summed E-state index contributed by atoms with van der Waals surface area (Å²) in [6, 6.07) is 10.4. The van der Waals surface area contributed by atoms with E-state index in [2.05, 4.69) is 34.1 Å². The lowest BCUT2D eigenvalue weighted by Gasteiger charge is -2.30. The fraction of sp³-hybridized carbons (Fsp3) is 0.647. The Morgan fingerprint density at radius 2 is 1.95 bits per heavy atom. The van der Waals surface area contributed by atoms with Crippen LogP contribution in [0.4, 0.5) is 5.69 Å². The van der Waals surface area contributed by atoms with Crippen LogP contribution in [0.2, 0.25) is 0 Å². The van der Waals surface area contributed by atoms with Crippen LogP contribution in [-0.4, -0.2) is 62.0 Å². The van der Waals surface area contributed by atoms with Crippen molar-refractivity contribution in [1.82, 2.24) is 4.90 Å². The molecule has 0 aliphatic carbocycles. The minimum atomic E-state index is -0.256. The fourth-order valence-corrected chi connectivity index (χ4v) is 2.66. The summed E-state index contributed by atoms with van der Waals surface area (Å²) in [4.78, 5) is 4.76. The highest BCUT2D eigenvalue weighted by atomic mass is 16.5. The summed E-state index contributed by atoms with van der Waals surface area (Å²) < 4.78 is 5.38. The normalized spacial score (nSPS) is 17.6. The molecule has 2 rings (SSSR count). The second-order valence-electron chi connectivity index (χ2n) is 5.65. The molecule has 1 aliphatic heterocycles. The van der Waals surface area contributed by atoms with Crippen molar-refractivity contribution in [1.29, 1.82) is 0 Å². The van der Waals surface area contributed by atoms with Gasteiger partial charge >= 0.3 is 0 Å². The average molecular weight is 292 g/mol. The van der Waals surface area contributed by atoms with Gasteiger partial charge in [-0.3, -0.25) is 4.90 Å². The minimum absolute atomic E-state index is 0.256. The Labute approximate surface area is 128 Å². The first-order valence-corrected chi connectivity index (χ1v) is 8.07. The van der Waals surface area contributed by atoms with Crippen molar-refractivity contribution >= 4 is 5.69 Å². The number of ether oxygens (including phenoxy) is 1. The topological polar surface area (TPSA) is 35.9 Å². The number of hydrogen-bond acceptors (Lipinski definition) is 4. The Hall–Kier alpha value is -1.10. The maximum atomic E-state index is 9.97. The number of nitrogens with zero attached hydrogens (tertiary/aromatic N) is 2. The molecule has 1 saturated heterocycles. The molecule has 118 valence electrons. The lowest BCUT2D eigenvalue weighted by molar-refractivity contribution is 0.0376. The second-order valence-corrected chi connectivity index (χ2v) is 5.65. The molecule has 0 saturated carbocycles. The third-order valence-electron chi connectivity index (χ3n) is 4.03. The smallest absolute Gasteiger partial charge is 0.0712 e. The largest absolute Gasteiger partial charge is 0.391 e. The maximum Gasteiger partial charge on any atom is 0.0712 e. The predicted octanol–water partition coefficient (Wildman–Crippen LogP) is 1.99. The van der Waals surface area contributed by atoms with E-state index in [9.17, 15) is 5.11 Å². The summed E-state index contributed by atoms with van der Waals surface area (Å²) in [6.45, 7) is 8.64. The molecule has 1 atom stereocenters. The van der Waals surface area contributed by atoms with E-state index in [0.717, 1.165) is 52.2 Å². The van der Waals surface area contributed by atoms with Crippen LogP contribution in [0, 0.1) is 0 Å². The van der Waals surface area contributed by atoms with Gasteiger partial charge in [-0.25, -0.2) is 0 Å². The molecule has 1 N–H and O–H groups in total. The summed E-state index contributed by atoms with van der Waals surface area (Å²) in [6.07, 6.45) is 1.66.